The van der Waals surface area contributed by atoms with Crippen LogP contribution in [0.25, 0.3) is 0 Å². The lowest BCUT2D eigenvalue weighted by molar-refractivity contribution is -0.141. The van der Waals surface area contributed by atoms with E-state index in [1.165, 1.54) is 4.90 Å². The zero-order chi connectivity index (χ0) is 18.0. The molecule has 1 saturated heterocycles. The summed E-state index contributed by atoms with van der Waals surface area (Å²) in [6, 6.07) is 6.04. The number of hydrogen-bond acceptors (Lipinski definition) is 5. The summed E-state index contributed by atoms with van der Waals surface area (Å²) in [6.45, 7) is 4.41. The number of amides is 1. The van der Waals surface area contributed by atoms with Crippen LogP contribution in [0.4, 0.5) is 0 Å². The van der Waals surface area contributed by atoms with Crippen LogP contribution in [0.1, 0.15) is 40.2 Å². The molecule has 1 aromatic carbocycles. The Balaban J connectivity index is 1.73. The third-order valence-electron chi connectivity index (χ3n) is 4.44. The summed E-state index contributed by atoms with van der Waals surface area (Å²) in [5.74, 6) is -0.00706. The summed E-state index contributed by atoms with van der Waals surface area (Å²) in [7, 11) is 0. The monoisotopic (exact) mass is 344 g/mol. The zero-order valence-electron chi connectivity index (χ0n) is 14.2. The fraction of sp³-hybridized carbons (Fsp3) is 0.389. The number of carboxylic acid groups (broad SMARTS) is 1. The zero-order valence-corrected chi connectivity index (χ0v) is 14.2. The van der Waals surface area contributed by atoms with Crippen LogP contribution in [0, 0.1) is 13.8 Å². The van der Waals surface area contributed by atoms with Gasteiger partial charge in [-0.3, -0.25) is 4.79 Å². The number of aromatic nitrogens is 1. The molecule has 0 saturated carbocycles. The maximum atomic E-state index is 12.6. The van der Waals surface area contributed by atoms with Crippen LogP contribution < -0.4 is 4.74 Å². The van der Waals surface area contributed by atoms with Gasteiger partial charge in [0.25, 0.3) is 5.91 Å². The Morgan fingerprint density at radius 3 is 2.88 bits per heavy atom. The standard InChI is InChI=1S/C18H20N2O5/c1-11-15(12(2)25-19-11)10-24-14-6-3-5-13(9-14)17(21)20-8-4-7-16(20)18(22)23/h3,5-6,9,16H,4,7-8,10H2,1-2H3,(H,22,23)/t16-/m1/s1. The van der Waals surface area contributed by atoms with Crippen molar-refractivity contribution >= 4 is 11.9 Å². The molecule has 0 aliphatic carbocycles. The first kappa shape index (κ1) is 17.0. The Morgan fingerprint density at radius 2 is 2.20 bits per heavy atom. The molecule has 0 unspecified atom stereocenters. The van der Waals surface area contributed by atoms with Crippen LogP contribution in [-0.2, 0) is 11.4 Å². The second kappa shape index (κ2) is 6.96. The van der Waals surface area contributed by atoms with Gasteiger partial charge in [-0.15, -0.1) is 0 Å². The van der Waals surface area contributed by atoms with Crippen molar-refractivity contribution in [2.45, 2.75) is 39.3 Å². The molecule has 0 spiro atoms. The van der Waals surface area contributed by atoms with Gasteiger partial charge in [-0.25, -0.2) is 4.79 Å². The average molecular weight is 344 g/mol. The van der Waals surface area contributed by atoms with E-state index in [4.69, 9.17) is 9.26 Å². The highest BCUT2D eigenvalue weighted by atomic mass is 16.5. The minimum Gasteiger partial charge on any atom is -0.489 e. The van der Waals surface area contributed by atoms with Gasteiger partial charge in [0.2, 0.25) is 0 Å². The predicted octanol–water partition coefficient (Wildman–Crippen LogP) is 2.56. The molecule has 1 aliphatic rings. The largest absolute Gasteiger partial charge is 0.489 e. The van der Waals surface area contributed by atoms with Crippen LogP contribution >= 0.6 is 0 Å². The molecule has 0 radical (unpaired) electrons. The summed E-state index contributed by atoms with van der Waals surface area (Å²) in [5, 5.41) is 13.1. The van der Waals surface area contributed by atoms with Crippen LogP contribution in [0.3, 0.4) is 0 Å². The second-order valence-corrected chi connectivity index (χ2v) is 6.11. The molecular formula is C18H20N2O5. The molecule has 1 fully saturated rings. The van der Waals surface area contributed by atoms with E-state index in [1.54, 1.807) is 24.3 Å². The van der Waals surface area contributed by atoms with Crippen molar-refractivity contribution in [1.29, 1.82) is 0 Å². The van der Waals surface area contributed by atoms with Gasteiger partial charge in [0.1, 0.15) is 24.2 Å². The predicted molar refractivity (Wildman–Crippen MR) is 88.4 cm³/mol. The molecule has 1 N–H and O–H groups in total. The first-order chi connectivity index (χ1) is 12.0. The number of aliphatic carboxylic acids is 1. The van der Waals surface area contributed by atoms with Crippen molar-refractivity contribution in [3.63, 3.8) is 0 Å². The first-order valence-electron chi connectivity index (χ1n) is 8.15. The number of aryl methyl sites for hydroxylation is 2. The molecule has 1 amide bonds. The van der Waals surface area contributed by atoms with E-state index in [1.807, 2.05) is 13.8 Å². The molecule has 1 aromatic heterocycles. The lowest BCUT2D eigenvalue weighted by Gasteiger charge is -2.21. The maximum absolute atomic E-state index is 12.6. The van der Waals surface area contributed by atoms with E-state index < -0.39 is 12.0 Å². The van der Waals surface area contributed by atoms with Gasteiger partial charge < -0.3 is 19.3 Å². The number of rotatable bonds is 5. The molecule has 1 aliphatic heterocycles. The Kier molecular flexibility index (Phi) is 4.74. The number of carbonyl (C=O) groups excluding carboxylic acids is 1. The third-order valence-corrected chi connectivity index (χ3v) is 4.44. The number of hydrogen-bond donors (Lipinski definition) is 1. The Hall–Kier alpha value is -2.83. The number of likely N-dealkylation sites (tertiary alicyclic amines) is 1. The lowest BCUT2D eigenvalue weighted by atomic mass is 10.1. The van der Waals surface area contributed by atoms with Crippen LogP contribution in [0.15, 0.2) is 28.8 Å². The fourth-order valence-corrected chi connectivity index (χ4v) is 3.01. The normalized spacial score (nSPS) is 16.9. The topological polar surface area (TPSA) is 92.9 Å². The first-order valence-corrected chi connectivity index (χ1v) is 8.15. The molecule has 2 heterocycles. The van der Waals surface area contributed by atoms with Gasteiger partial charge in [-0.2, -0.15) is 0 Å². The van der Waals surface area contributed by atoms with Crippen molar-refractivity contribution in [1.82, 2.24) is 10.1 Å². The summed E-state index contributed by atoms with van der Waals surface area (Å²) in [6.07, 6.45) is 1.19. The molecule has 7 heteroatoms. The van der Waals surface area contributed by atoms with Gasteiger partial charge in [0.05, 0.1) is 11.3 Å². The minimum absolute atomic E-state index is 0.285. The van der Waals surface area contributed by atoms with Crippen LogP contribution in [-0.4, -0.2) is 39.6 Å². The highest BCUT2D eigenvalue weighted by molar-refractivity contribution is 5.97. The van der Waals surface area contributed by atoms with E-state index in [0.29, 0.717) is 43.1 Å². The van der Waals surface area contributed by atoms with E-state index in [2.05, 4.69) is 5.16 Å². The average Bonchev–Trinajstić information content (AvgIpc) is 3.20. The quantitative estimate of drug-likeness (QED) is 0.896. The highest BCUT2D eigenvalue weighted by Crippen LogP contribution is 2.23. The Morgan fingerprint density at radius 1 is 1.40 bits per heavy atom. The van der Waals surface area contributed by atoms with Crippen molar-refractivity contribution in [2.24, 2.45) is 0 Å². The molecule has 25 heavy (non-hydrogen) atoms. The molecule has 7 nitrogen and oxygen atoms in total. The summed E-state index contributed by atoms with van der Waals surface area (Å²) < 4.78 is 10.9. The SMILES string of the molecule is Cc1noc(C)c1COc1cccc(C(=O)N2CCC[C@@H]2C(=O)O)c1. The van der Waals surface area contributed by atoms with E-state index in [9.17, 15) is 14.7 Å². The smallest absolute Gasteiger partial charge is 0.326 e. The molecule has 132 valence electrons. The Bertz CT molecular complexity index is 779. The van der Waals surface area contributed by atoms with Gasteiger partial charge >= 0.3 is 5.97 Å². The number of benzene rings is 1. The molecule has 2 aromatic rings. The van der Waals surface area contributed by atoms with Crippen molar-refractivity contribution in [3.05, 3.63) is 46.8 Å². The highest BCUT2D eigenvalue weighted by Gasteiger charge is 2.34. The van der Waals surface area contributed by atoms with E-state index >= 15 is 0 Å². The number of carboxylic acids is 1. The molecule has 0 bridgehead atoms. The minimum atomic E-state index is -0.961. The number of nitrogens with zero attached hydrogens (tertiary/aromatic N) is 2. The van der Waals surface area contributed by atoms with Crippen LogP contribution in [0.5, 0.6) is 5.75 Å². The van der Waals surface area contributed by atoms with Gasteiger partial charge in [-0.05, 0) is 44.9 Å². The summed E-state index contributed by atoms with van der Waals surface area (Å²) in [5.41, 5.74) is 2.07. The molecule has 1 atom stereocenters. The van der Waals surface area contributed by atoms with E-state index in [0.717, 1.165) is 11.3 Å². The van der Waals surface area contributed by atoms with Gasteiger partial charge in [0.15, 0.2) is 0 Å². The number of ether oxygens (including phenoxy) is 1. The fourth-order valence-electron chi connectivity index (χ4n) is 3.01. The van der Waals surface area contributed by atoms with Crippen molar-refractivity contribution < 1.29 is 24.0 Å². The van der Waals surface area contributed by atoms with Gasteiger partial charge in [0, 0.05) is 12.1 Å². The van der Waals surface area contributed by atoms with Crippen molar-refractivity contribution in [3.8, 4) is 5.75 Å². The van der Waals surface area contributed by atoms with Crippen LogP contribution in [0.2, 0.25) is 0 Å². The maximum Gasteiger partial charge on any atom is 0.326 e. The molecular weight excluding hydrogens is 324 g/mol. The number of carbonyl (C=O) groups is 2. The van der Waals surface area contributed by atoms with Gasteiger partial charge in [-0.1, -0.05) is 11.2 Å². The third kappa shape index (κ3) is 3.50. The summed E-state index contributed by atoms with van der Waals surface area (Å²) in [4.78, 5) is 25.3. The second-order valence-electron chi connectivity index (χ2n) is 6.11. The molecule has 3 rings (SSSR count). The van der Waals surface area contributed by atoms with Crippen molar-refractivity contribution in [2.75, 3.05) is 6.54 Å². The Labute approximate surface area is 145 Å². The lowest BCUT2D eigenvalue weighted by Crippen LogP contribution is -2.40. The summed E-state index contributed by atoms with van der Waals surface area (Å²) >= 11 is 0. The van der Waals surface area contributed by atoms with E-state index in [-0.39, 0.29) is 5.91 Å².